The highest BCUT2D eigenvalue weighted by Crippen LogP contribution is 2.40. The molecule has 0 aliphatic heterocycles. The molecule has 7 heteroatoms. The average molecular weight is 409 g/mol. The zero-order valence-corrected chi connectivity index (χ0v) is 21.3. The second kappa shape index (κ2) is 13.6. The molecular formula is C18H44O4Si3. The Morgan fingerprint density at radius 3 is 1.64 bits per heavy atom. The lowest BCUT2D eigenvalue weighted by molar-refractivity contribution is 0.0650. The molecule has 0 amide bonds. The van der Waals surface area contributed by atoms with Gasteiger partial charge in [-0.05, 0) is 53.4 Å². The van der Waals surface area contributed by atoms with Crippen molar-refractivity contribution in [1.29, 1.82) is 0 Å². The summed E-state index contributed by atoms with van der Waals surface area (Å²) in [4.78, 5) is 0. The maximum Gasteiger partial charge on any atom is 0.503 e. The van der Waals surface area contributed by atoms with Crippen LogP contribution in [0.15, 0.2) is 0 Å². The van der Waals surface area contributed by atoms with Gasteiger partial charge in [0.15, 0.2) is 17.4 Å². The molecule has 0 aromatic carbocycles. The lowest BCUT2D eigenvalue weighted by atomic mass is 10.1. The van der Waals surface area contributed by atoms with Crippen LogP contribution in [0.4, 0.5) is 0 Å². The lowest BCUT2D eigenvalue weighted by Gasteiger charge is -2.43. The molecule has 152 valence electrons. The molecular weight excluding hydrogens is 364 g/mol. The second-order valence-corrected chi connectivity index (χ2v) is 17.7. The van der Waals surface area contributed by atoms with Gasteiger partial charge in [0.1, 0.15) is 0 Å². The number of hydrogen-bond acceptors (Lipinski definition) is 4. The Balaban J connectivity index is 5.44. The summed E-state index contributed by atoms with van der Waals surface area (Å²) in [5.41, 5.74) is 0. The Labute approximate surface area is 161 Å². The van der Waals surface area contributed by atoms with Crippen molar-refractivity contribution in [2.45, 2.75) is 97.6 Å². The third kappa shape index (κ3) is 9.30. The molecule has 0 aromatic heterocycles. The molecule has 0 N–H and O–H groups in total. The van der Waals surface area contributed by atoms with E-state index in [0.717, 1.165) is 6.42 Å². The maximum absolute atomic E-state index is 6.60. The predicted molar refractivity (Wildman–Crippen MR) is 115 cm³/mol. The highest BCUT2D eigenvalue weighted by molar-refractivity contribution is 6.90. The van der Waals surface area contributed by atoms with Crippen molar-refractivity contribution in [3.05, 3.63) is 0 Å². The van der Waals surface area contributed by atoms with E-state index in [1.165, 1.54) is 32.1 Å². The van der Waals surface area contributed by atoms with Crippen molar-refractivity contribution in [1.82, 2.24) is 0 Å². The highest BCUT2D eigenvalue weighted by Gasteiger charge is 2.56. The van der Waals surface area contributed by atoms with Gasteiger partial charge in [0.25, 0.3) is 0 Å². The molecule has 1 unspecified atom stereocenters. The standard InChI is InChI=1S/C18H44O4Si3/c1-9-13-14-15-16-17-18(24(7,8)22-23(5)6)25(19-10-2,20-11-3)21-12-4/h18,23H,9-17H2,1-8H3. The fourth-order valence-electron chi connectivity index (χ4n) is 3.62. The smallest absolute Gasteiger partial charge is 0.458 e. The van der Waals surface area contributed by atoms with E-state index >= 15 is 0 Å². The molecule has 0 radical (unpaired) electrons. The van der Waals surface area contributed by atoms with Gasteiger partial charge < -0.3 is 17.4 Å². The van der Waals surface area contributed by atoms with Crippen LogP contribution in [0.2, 0.25) is 31.4 Å². The molecule has 0 saturated carbocycles. The molecule has 0 fully saturated rings. The Bertz CT molecular complexity index is 310. The van der Waals surface area contributed by atoms with Crippen LogP contribution in [-0.4, -0.2) is 46.0 Å². The number of rotatable bonds is 16. The van der Waals surface area contributed by atoms with Crippen LogP contribution in [0.3, 0.4) is 0 Å². The monoisotopic (exact) mass is 408 g/mol. The normalized spacial score (nSPS) is 14.3. The van der Waals surface area contributed by atoms with Gasteiger partial charge >= 0.3 is 8.80 Å². The third-order valence-electron chi connectivity index (χ3n) is 4.44. The minimum absolute atomic E-state index is 0.316. The van der Waals surface area contributed by atoms with Crippen molar-refractivity contribution in [3.63, 3.8) is 0 Å². The first-order valence-electron chi connectivity index (χ1n) is 10.4. The summed E-state index contributed by atoms with van der Waals surface area (Å²) in [6.45, 7) is 19.5. The van der Waals surface area contributed by atoms with Crippen molar-refractivity contribution in [2.24, 2.45) is 0 Å². The Kier molecular flexibility index (Phi) is 13.9. The lowest BCUT2D eigenvalue weighted by Crippen LogP contribution is -2.60. The summed E-state index contributed by atoms with van der Waals surface area (Å²) in [6.07, 6.45) is 7.52. The predicted octanol–water partition coefficient (Wildman–Crippen LogP) is 5.51. The van der Waals surface area contributed by atoms with E-state index in [9.17, 15) is 0 Å². The molecule has 0 saturated heterocycles. The minimum Gasteiger partial charge on any atom is -0.458 e. The van der Waals surface area contributed by atoms with E-state index in [0.29, 0.717) is 25.0 Å². The summed E-state index contributed by atoms with van der Waals surface area (Å²) in [5.74, 6) is 0. The molecule has 0 heterocycles. The topological polar surface area (TPSA) is 36.9 Å². The Hall–Kier alpha value is 0.491. The van der Waals surface area contributed by atoms with Crippen LogP contribution in [0, 0.1) is 0 Å². The van der Waals surface area contributed by atoms with E-state index in [2.05, 4.69) is 33.1 Å². The number of unbranched alkanes of at least 4 members (excludes halogenated alkanes) is 4. The second-order valence-electron chi connectivity index (χ2n) is 7.43. The fraction of sp³-hybridized carbons (Fsp3) is 1.00. The summed E-state index contributed by atoms with van der Waals surface area (Å²) in [6, 6.07) is 0. The zero-order chi connectivity index (χ0) is 19.3. The van der Waals surface area contributed by atoms with E-state index in [-0.39, 0.29) is 0 Å². The van der Waals surface area contributed by atoms with Crippen LogP contribution in [-0.2, 0) is 17.4 Å². The van der Waals surface area contributed by atoms with E-state index < -0.39 is 26.2 Å². The molecule has 0 aliphatic rings. The first-order chi connectivity index (χ1) is 11.8. The van der Waals surface area contributed by atoms with Crippen LogP contribution >= 0.6 is 0 Å². The van der Waals surface area contributed by atoms with Crippen LogP contribution < -0.4 is 0 Å². The highest BCUT2D eigenvalue weighted by atomic mass is 28.5. The molecule has 4 nitrogen and oxygen atoms in total. The molecule has 25 heavy (non-hydrogen) atoms. The minimum atomic E-state index is -2.74. The first kappa shape index (κ1) is 25.5. The summed E-state index contributed by atoms with van der Waals surface area (Å²) in [7, 11) is -5.82. The van der Waals surface area contributed by atoms with Gasteiger partial charge in [0.05, 0.1) is 0 Å². The molecule has 1 atom stereocenters. The van der Waals surface area contributed by atoms with Crippen LogP contribution in [0.1, 0.15) is 66.2 Å². The molecule has 0 rings (SSSR count). The Morgan fingerprint density at radius 1 is 0.760 bits per heavy atom. The van der Waals surface area contributed by atoms with Crippen LogP contribution in [0.5, 0.6) is 0 Å². The molecule has 0 aliphatic carbocycles. The first-order valence-corrected chi connectivity index (χ1v) is 18.0. The SMILES string of the molecule is CCCCCCCC([Si](C)(C)O[SiH](C)C)[Si](OCC)(OCC)OCC. The van der Waals surface area contributed by atoms with Gasteiger partial charge in [0, 0.05) is 25.0 Å². The summed E-state index contributed by atoms with van der Waals surface area (Å²) >= 11 is 0. The quantitative estimate of drug-likeness (QED) is 0.249. The molecule has 0 spiro atoms. The van der Waals surface area contributed by atoms with Gasteiger partial charge in [-0.3, -0.25) is 0 Å². The van der Waals surface area contributed by atoms with Gasteiger partial charge in [0.2, 0.25) is 0 Å². The largest absolute Gasteiger partial charge is 0.503 e. The van der Waals surface area contributed by atoms with Crippen molar-refractivity contribution in [2.75, 3.05) is 19.8 Å². The molecule has 0 aromatic rings. The van der Waals surface area contributed by atoms with E-state index in [1.807, 2.05) is 20.8 Å². The maximum atomic E-state index is 6.60. The average Bonchev–Trinajstić information content (AvgIpc) is 2.50. The Morgan fingerprint density at radius 2 is 1.24 bits per heavy atom. The third-order valence-corrected chi connectivity index (χ3v) is 17.1. The summed E-state index contributed by atoms with van der Waals surface area (Å²) < 4.78 is 25.4. The summed E-state index contributed by atoms with van der Waals surface area (Å²) in [5, 5.41) is 0.316. The van der Waals surface area contributed by atoms with E-state index in [1.54, 1.807) is 0 Å². The zero-order valence-electron chi connectivity index (χ0n) is 18.2. The van der Waals surface area contributed by atoms with Gasteiger partial charge in [-0.15, -0.1) is 0 Å². The van der Waals surface area contributed by atoms with E-state index in [4.69, 9.17) is 17.4 Å². The van der Waals surface area contributed by atoms with Gasteiger partial charge in [-0.25, -0.2) is 0 Å². The van der Waals surface area contributed by atoms with Crippen molar-refractivity contribution < 1.29 is 17.4 Å². The number of hydrogen-bond donors (Lipinski definition) is 0. The molecule has 0 bridgehead atoms. The van der Waals surface area contributed by atoms with Gasteiger partial charge in [-0.1, -0.05) is 39.0 Å². The van der Waals surface area contributed by atoms with Crippen molar-refractivity contribution >= 4 is 26.2 Å². The van der Waals surface area contributed by atoms with Crippen molar-refractivity contribution in [3.8, 4) is 0 Å². The fourth-order valence-corrected chi connectivity index (χ4v) is 17.4. The van der Waals surface area contributed by atoms with Gasteiger partial charge in [-0.2, -0.15) is 0 Å². The van der Waals surface area contributed by atoms with Crippen LogP contribution in [0.25, 0.3) is 0 Å².